The van der Waals surface area contributed by atoms with Gasteiger partial charge in [-0.05, 0) is 29.5 Å². The summed E-state index contributed by atoms with van der Waals surface area (Å²) in [5, 5.41) is 13.9. The highest BCUT2D eigenvalue weighted by atomic mass is 19.4. The van der Waals surface area contributed by atoms with Crippen LogP contribution in [0.3, 0.4) is 0 Å². The topological polar surface area (TPSA) is 55.2 Å². The molecule has 0 spiro atoms. The van der Waals surface area contributed by atoms with Crippen LogP contribution in [0.1, 0.15) is 35.1 Å². The van der Waals surface area contributed by atoms with Crippen LogP contribution in [-0.2, 0) is 6.18 Å². The minimum Gasteiger partial charge on any atom is -0.377 e. The van der Waals surface area contributed by atoms with Crippen LogP contribution in [-0.4, -0.2) is 4.92 Å². The number of nitrogens with zero attached hydrogens (tertiary/aromatic N) is 1. The summed E-state index contributed by atoms with van der Waals surface area (Å²) < 4.78 is 40.4. The maximum absolute atomic E-state index is 13.5. The number of hydrogen-bond donors (Lipinski definition) is 1. The second kappa shape index (κ2) is 5.86. The van der Waals surface area contributed by atoms with Gasteiger partial charge in [-0.15, -0.1) is 0 Å². The highest BCUT2D eigenvalue weighted by molar-refractivity contribution is 5.65. The molecule has 2 aromatic rings. The lowest BCUT2D eigenvalue weighted by Gasteiger charge is -2.38. The molecule has 0 saturated carbocycles. The van der Waals surface area contributed by atoms with E-state index in [1.807, 2.05) is 12.2 Å². The van der Waals surface area contributed by atoms with E-state index in [1.54, 1.807) is 18.2 Å². The summed E-state index contributed by atoms with van der Waals surface area (Å²) in [5.74, 6) is -0.0267. The molecule has 1 aliphatic heterocycles. The molecule has 4 rings (SSSR count). The number of anilines is 1. The molecule has 2 aliphatic rings. The van der Waals surface area contributed by atoms with Gasteiger partial charge in [0.15, 0.2) is 0 Å². The van der Waals surface area contributed by atoms with E-state index >= 15 is 0 Å². The Morgan fingerprint density at radius 2 is 1.85 bits per heavy atom. The molecular weight excluding hydrogens is 345 g/mol. The highest BCUT2D eigenvalue weighted by Crippen LogP contribution is 2.52. The van der Waals surface area contributed by atoms with E-state index in [4.69, 9.17) is 0 Å². The number of alkyl halides is 3. The molecular formula is C19H15F3N2O2. The second-order valence-corrected chi connectivity index (χ2v) is 6.59. The van der Waals surface area contributed by atoms with E-state index in [-0.39, 0.29) is 29.3 Å². The Morgan fingerprint density at radius 3 is 2.50 bits per heavy atom. The summed E-state index contributed by atoms with van der Waals surface area (Å²) in [6.07, 6.45) is 0.246. The summed E-state index contributed by atoms with van der Waals surface area (Å²) >= 11 is 0. The quantitative estimate of drug-likeness (QED) is 0.441. The van der Waals surface area contributed by atoms with Crippen LogP contribution in [0.25, 0.3) is 0 Å². The summed E-state index contributed by atoms with van der Waals surface area (Å²) in [7, 11) is 0. The molecule has 1 heterocycles. The van der Waals surface area contributed by atoms with Gasteiger partial charge >= 0.3 is 6.18 Å². The van der Waals surface area contributed by atoms with Crippen molar-refractivity contribution in [3.63, 3.8) is 0 Å². The fraction of sp³-hybridized carbons (Fsp3) is 0.263. The third-order valence-corrected chi connectivity index (χ3v) is 5.17. The van der Waals surface area contributed by atoms with Crippen molar-refractivity contribution >= 4 is 11.4 Å². The number of allylic oxidation sites excluding steroid dienone is 2. The van der Waals surface area contributed by atoms with E-state index in [0.717, 1.165) is 18.1 Å². The summed E-state index contributed by atoms with van der Waals surface area (Å²) in [4.78, 5) is 10.4. The normalized spacial score (nSPS) is 23.9. The van der Waals surface area contributed by atoms with Crippen molar-refractivity contribution in [3.8, 4) is 0 Å². The number of nitro benzene ring substituents is 1. The molecule has 0 amide bonds. The maximum atomic E-state index is 13.5. The molecule has 1 aliphatic carbocycles. The first-order chi connectivity index (χ1) is 12.4. The zero-order chi connectivity index (χ0) is 18.5. The van der Waals surface area contributed by atoms with Crippen molar-refractivity contribution in [2.24, 2.45) is 5.92 Å². The minimum atomic E-state index is -4.45. The zero-order valence-electron chi connectivity index (χ0n) is 13.5. The van der Waals surface area contributed by atoms with Gasteiger partial charge in [0.2, 0.25) is 0 Å². The summed E-state index contributed by atoms with van der Waals surface area (Å²) in [6.45, 7) is 0. The van der Waals surface area contributed by atoms with Crippen LogP contribution in [0.5, 0.6) is 0 Å². The third-order valence-electron chi connectivity index (χ3n) is 5.17. The van der Waals surface area contributed by atoms with E-state index in [9.17, 15) is 23.3 Å². The molecule has 134 valence electrons. The first kappa shape index (κ1) is 16.6. The fourth-order valence-corrected chi connectivity index (χ4v) is 3.99. The van der Waals surface area contributed by atoms with Crippen molar-refractivity contribution in [2.75, 3.05) is 5.32 Å². The predicted octanol–water partition coefficient (Wildman–Crippen LogP) is 5.44. The van der Waals surface area contributed by atoms with Crippen molar-refractivity contribution < 1.29 is 18.1 Å². The lowest BCUT2D eigenvalue weighted by Crippen LogP contribution is -2.30. The lowest BCUT2D eigenvalue weighted by atomic mass is 9.76. The zero-order valence-corrected chi connectivity index (χ0v) is 13.5. The maximum Gasteiger partial charge on any atom is 0.418 e. The second-order valence-electron chi connectivity index (χ2n) is 6.59. The van der Waals surface area contributed by atoms with Gasteiger partial charge in [-0.2, -0.15) is 13.2 Å². The van der Waals surface area contributed by atoms with Crippen LogP contribution in [0, 0.1) is 16.0 Å². The van der Waals surface area contributed by atoms with Gasteiger partial charge in [-0.25, -0.2) is 0 Å². The molecule has 0 unspecified atom stereocenters. The number of benzene rings is 2. The smallest absolute Gasteiger partial charge is 0.377 e. The molecule has 3 atom stereocenters. The van der Waals surface area contributed by atoms with Crippen molar-refractivity contribution in [2.45, 2.75) is 24.6 Å². The average molecular weight is 360 g/mol. The van der Waals surface area contributed by atoms with Gasteiger partial charge in [0.1, 0.15) is 0 Å². The number of hydrogen-bond acceptors (Lipinski definition) is 3. The van der Waals surface area contributed by atoms with Crippen molar-refractivity contribution in [1.82, 2.24) is 0 Å². The van der Waals surface area contributed by atoms with Crippen molar-refractivity contribution in [3.05, 3.63) is 81.4 Å². The minimum absolute atomic E-state index is 0.0398. The standard InChI is InChI=1S/C19H15F3N2O2/c20-19(21,22)16-6-2-5-15-13-3-1-4-14(13)17(23-18(15)16)11-7-9-12(10-8-11)24(25)26/h1-3,5-10,13-14,17,23H,4H2/t13-,14+,17-/m0/s1. The van der Waals surface area contributed by atoms with Crippen LogP contribution in [0.2, 0.25) is 0 Å². The molecule has 4 nitrogen and oxygen atoms in total. The monoisotopic (exact) mass is 360 g/mol. The van der Waals surface area contributed by atoms with Gasteiger partial charge in [0.25, 0.3) is 5.69 Å². The number of rotatable bonds is 2. The number of fused-ring (bicyclic) bond motifs is 3. The Balaban J connectivity index is 1.79. The summed E-state index contributed by atoms with van der Waals surface area (Å²) in [6, 6.07) is 9.93. The lowest BCUT2D eigenvalue weighted by molar-refractivity contribution is -0.384. The number of halogens is 3. The number of nitro groups is 1. The largest absolute Gasteiger partial charge is 0.418 e. The SMILES string of the molecule is O=[N+]([O-])c1ccc([C@@H]2Nc3c(cccc3C(F)(F)F)[C@H]3C=CC[C@H]32)cc1. The average Bonchev–Trinajstić information content (AvgIpc) is 3.09. The predicted molar refractivity (Wildman–Crippen MR) is 90.9 cm³/mol. The highest BCUT2D eigenvalue weighted by Gasteiger charge is 2.42. The Labute approximate surface area is 147 Å². The van der Waals surface area contributed by atoms with Gasteiger partial charge in [0.05, 0.1) is 22.2 Å². The molecule has 0 bridgehead atoms. The summed E-state index contributed by atoms with van der Waals surface area (Å²) in [5.41, 5.74) is 0.785. The molecule has 0 saturated heterocycles. The molecule has 0 fully saturated rings. The van der Waals surface area contributed by atoms with E-state index in [2.05, 4.69) is 5.32 Å². The van der Waals surface area contributed by atoms with Crippen LogP contribution in [0.15, 0.2) is 54.6 Å². The molecule has 0 aromatic heterocycles. The molecule has 0 radical (unpaired) electrons. The Hall–Kier alpha value is -2.83. The first-order valence-corrected chi connectivity index (χ1v) is 8.24. The van der Waals surface area contributed by atoms with Gasteiger partial charge in [-0.3, -0.25) is 10.1 Å². The molecule has 7 heteroatoms. The Bertz CT molecular complexity index is 891. The molecule has 1 N–H and O–H groups in total. The Kier molecular flexibility index (Phi) is 3.75. The van der Waals surface area contributed by atoms with Gasteiger partial charge in [0, 0.05) is 18.1 Å². The number of para-hydroxylation sites is 1. The van der Waals surface area contributed by atoms with Crippen LogP contribution >= 0.6 is 0 Å². The van der Waals surface area contributed by atoms with Gasteiger partial charge in [-0.1, -0.05) is 36.4 Å². The van der Waals surface area contributed by atoms with Crippen LogP contribution < -0.4 is 5.32 Å². The van der Waals surface area contributed by atoms with Crippen molar-refractivity contribution in [1.29, 1.82) is 0 Å². The number of nitrogens with one attached hydrogen (secondary N) is 1. The third kappa shape index (κ3) is 2.64. The van der Waals surface area contributed by atoms with Crippen LogP contribution in [0.4, 0.5) is 24.5 Å². The van der Waals surface area contributed by atoms with Gasteiger partial charge < -0.3 is 5.32 Å². The number of non-ortho nitro benzene ring substituents is 1. The van der Waals surface area contributed by atoms with E-state index in [0.29, 0.717) is 5.56 Å². The molecule has 26 heavy (non-hydrogen) atoms. The molecule has 2 aromatic carbocycles. The first-order valence-electron chi connectivity index (χ1n) is 8.24. The van der Waals surface area contributed by atoms with E-state index < -0.39 is 16.7 Å². The van der Waals surface area contributed by atoms with E-state index in [1.165, 1.54) is 18.2 Å². The Morgan fingerprint density at radius 1 is 1.12 bits per heavy atom. The fourth-order valence-electron chi connectivity index (χ4n) is 3.99.